The Bertz CT molecular complexity index is 914. The average Bonchev–Trinajstić information content (AvgIpc) is 2.74. The van der Waals surface area contributed by atoms with Crippen LogP contribution in [0.15, 0.2) is 42.5 Å². The van der Waals surface area contributed by atoms with Gasteiger partial charge in [0.2, 0.25) is 6.29 Å². The fourth-order valence-electron chi connectivity index (χ4n) is 3.09. The van der Waals surface area contributed by atoms with Gasteiger partial charge in [0.25, 0.3) is 5.69 Å². The molecule has 11 nitrogen and oxygen atoms in total. The van der Waals surface area contributed by atoms with Gasteiger partial charge in [-0.3, -0.25) is 10.1 Å². The molecular formula is C19H19NO10. The van der Waals surface area contributed by atoms with Crippen LogP contribution in [0.2, 0.25) is 0 Å². The van der Waals surface area contributed by atoms with Crippen LogP contribution in [0.4, 0.5) is 5.69 Å². The van der Waals surface area contributed by atoms with Crippen LogP contribution in [0.1, 0.15) is 10.4 Å². The molecule has 5 N–H and O–H groups in total. The van der Waals surface area contributed by atoms with E-state index < -0.39 is 53.9 Å². The Morgan fingerprint density at radius 1 is 1.10 bits per heavy atom. The molecule has 1 fully saturated rings. The molecule has 3 rings (SSSR count). The minimum absolute atomic E-state index is 0.0682. The van der Waals surface area contributed by atoms with E-state index in [4.69, 9.17) is 9.47 Å². The monoisotopic (exact) mass is 421 g/mol. The second-order valence-electron chi connectivity index (χ2n) is 6.64. The van der Waals surface area contributed by atoms with Crippen LogP contribution in [0.3, 0.4) is 0 Å². The number of ether oxygens (including phenoxy) is 2. The molecule has 0 spiro atoms. The number of aliphatic hydroxyl groups is 4. The van der Waals surface area contributed by atoms with Gasteiger partial charge in [0.15, 0.2) is 0 Å². The predicted octanol–water partition coefficient (Wildman–Crippen LogP) is 0.139. The Labute approximate surface area is 169 Å². The number of nitrogens with zero attached hydrogens (tertiary/aromatic N) is 1. The van der Waals surface area contributed by atoms with E-state index in [1.54, 1.807) is 12.1 Å². The SMILES string of the molecule is O=C(O)c1cc(-c2ccccc2O[C@@H]2O[C@H](CO)[C@H](O)[C@H](O)[C@H]2O)cc([N+](=O)[O-])c1. The van der Waals surface area contributed by atoms with Crippen molar-refractivity contribution in [3.8, 4) is 16.9 Å². The maximum atomic E-state index is 11.4. The minimum Gasteiger partial charge on any atom is -0.478 e. The lowest BCUT2D eigenvalue weighted by molar-refractivity contribution is -0.384. The van der Waals surface area contributed by atoms with E-state index in [0.29, 0.717) is 0 Å². The molecule has 1 aliphatic rings. The molecule has 2 aromatic rings. The topological polar surface area (TPSA) is 180 Å². The highest BCUT2D eigenvalue weighted by molar-refractivity contribution is 5.91. The van der Waals surface area contributed by atoms with E-state index in [2.05, 4.69) is 0 Å². The zero-order chi connectivity index (χ0) is 22.0. The third-order valence-electron chi connectivity index (χ3n) is 4.67. The maximum absolute atomic E-state index is 11.4. The van der Waals surface area contributed by atoms with Crippen molar-refractivity contribution in [3.63, 3.8) is 0 Å². The number of hydrogen-bond donors (Lipinski definition) is 5. The van der Waals surface area contributed by atoms with Gasteiger partial charge in [0, 0.05) is 17.7 Å². The first kappa shape index (κ1) is 21.6. The highest BCUT2D eigenvalue weighted by atomic mass is 16.7. The maximum Gasteiger partial charge on any atom is 0.335 e. The van der Waals surface area contributed by atoms with Crippen LogP contribution < -0.4 is 4.74 Å². The normalized spacial score (nSPS) is 26.2. The lowest BCUT2D eigenvalue weighted by atomic mass is 9.99. The Morgan fingerprint density at radius 2 is 1.80 bits per heavy atom. The van der Waals surface area contributed by atoms with Crippen molar-refractivity contribution in [2.24, 2.45) is 0 Å². The molecule has 0 amide bonds. The summed E-state index contributed by atoms with van der Waals surface area (Å²) in [5.41, 5.74) is -0.308. The van der Waals surface area contributed by atoms with Crippen molar-refractivity contribution in [2.75, 3.05) is 6.61 Å². The summed E-state index contributed by atoms with van der Waals surface area (Å²) in [7, 11) is 0. The van der Waals surface area contributed by atoms with Gasteiger partial charge in [0.05, 0.1) is 17.1 Å². The van der Waals surface area contributed by atoms with Gasteiger partial charge >= 0.3 is 5.97 Å². The number of nitro groups is 1. The van der Waals surface area contributed by atoms with E-state index in [1.807, 2.05) is 0 Å². The van der Waals surface area contributed by atoms with Gasteiger partial charge < -0.3 is 35.0 Å². The first-order valence-corrected chi connectivity index (χ1v) is 8.82. The van der Waals surface area contributed by atoms with Crippen LogP contribution in [0.5, 0.6) is 5.75 Å². The molecule has 0 aromatic heterocycles. The van der Waals surface area contributed by atoms with Gasteiger partial charge in [-0.05, 0) is 17.7 Å². The summed E-state index contributed by atoms with van der Waals surface area (Å²) in [5, 5.41) is 59.7. The predicted molar refractivity (Wildman–Crippen MR) is 99.9 cm³/mol. The summed E-state index contributed by atoms with van der Waals surface area (Å²) < 4.78 is 10.9. The van der Waals surface area contributed by atoms with Gasteiger partial charge in [-0.2, -0.15) is 0 Å². The number of benzene rings is 2. The van der Waals surface area contributed by atoms with E-state index in [0.717, 1.165) is 6.07 Å². The van der Waals surface area contributed by atoms with Crippen LogP contribution in [-0.4, -0.2) is 73.7 Å². The van der Waals surface area contributed by atoms with Crippen molar-refractivity contribution in [1.82, 2.24) is 0 Å². The van der Waals surface area contributed by atoms with Crippen LogP contribution >= 0.6 is 0 Å². The summed E-state index contributed by atoms with van der Waals surface area (Å²) >= 11 is 0. The first-order chi connectivity index (χ1) is 14.2. The minimum atomic E-state index is -1.66. The molecule has 1 saturated heterocycles. The van der Waals surface area contributed by atoms with Crippen molar-refractivity contribution >= 4 is 11.7 Å². The Kier molecular flexibility index (Phi) is 6.29. The molecular weight excluding hydrogens is 402 g/mol. The molecule has 160 valence electrons. The van der Waals surface area contributed by atoms with Crippen molar-refractivity contribution in [3.05, 3.63) is 58.1 Å². The van der Waals surface area contributed by atoms with Crippen LogP contribution in [0.25, 0.3) is 11.1 Å². The molecule has 5 atom stereocenters. The quantitative estimate of drug-likeness (QED) is 0.318. The largest absolute Gasteiger partial charge is 0.478 e. The third-order valence-corrected chi connectivity index (χ3v) is 4.67. The number of aromatic carboxylic acids is 1. The number of aliphatic hydroxyl groups excluding tert-OH is 4. The summed E-state index contributed by atoms with van der Waals surface area (Å²) in [6, 6.07) is 9.45. The van der Waals surface area contributed by atoms with Crippen molar-refractivity contribution < 1.29 is 44.7 Å². The Hall–Kier alpha value is -3.09. The molecule has 0 radical (unpaired) electrons. The number of para-hydroxylation sites is 1. The number of nitro benzene ring substituents is 1. The molecule has 0 aliphatic carbocycles. The standard InChI is InChI=1S/C19H19NO10/c21-8-14-15(22)16(23)17(24)19(30-14)29-13-4-2-1-3-12(13)9-5-10(18(25)26)7-11(6-9)20(27)28/h1-7,14-17,19,21-24H,8H2,(H,25,26)/t14-,15+,16+,17-,19-/m1/s1. The van der Waals surface area contributed by atoms with Crippen LogP contribution in [0, 0.1) is 10.1 Å². The number of carboxylic acid groups (broad SMARTS) is 1. The summed E-state index contributed by atoms with van der Waals surface area (Å²) in [6.07, 6.45) is -7.52. The average molecular weight is 421 g/mol. The summed E-state index contributed by atoms with van der Waals surface area (Å²) in [4.78, 5) is 21.8. The summed E-state index contributed by atoms with van der Waals surface area (Å²) in [5.74, 6) is -1.29. The number of carbonyl (C=O) groups is 1. The first-order valence-electron chi connectivity index (χ1n) is 8.82. The van der Waals surface area contributed by atoms with Crippen molar-refractivity contribution in [1.29, 1.82) is 0 Å². The fraction of sp³-hybridized carbons (Fsp3) is 0.316. The van der Waals surface area contributed by atoms with E-state index in [1.165, 1.54) is 24.3 Å². The smallest absolute Gasteiger partial charge is 0.335 e. The van der Waals surface area contributed by atoms with Gasteiger partial charge in [-0.1, -0.05) is 18.2 Å². The third kappa shape index (κ3) is 4.25. The number of hydrogen-bond acceptors (Lipinski definition) is 9. The fourth-order valence-corrected chi connectivity index (χ4v) is 3.09. The summed E-state index contributed by atoms with van der Waals surface area (Å²) in [6.45, 7) is -0.640. The highest BCUT2D eigenvalue weighted by Gasteiger charge is 2.44. The second-order valence-corrected chi connectivity index (χ2v) is 6.64. The van der Waals surface area contributed by atoms with Gasteiger partial charge in [-0.25, -0.2) is 4.79 Å². The molecule has 0 bridgehead atoms. The molecule has 2 aromatic carbocycles. The van der Waals surface area contributed by atoms with Gasteiger partial charge in [-0.15, -0.1) is 0 Å². The Morgan fingerprint density at radius 3 is 2.43 bits per heavy atom. The number of non-ortho nitro benzene ring substituents is 1. The zero-order valence-electron chi connectivity index (χ0n) is 15.4. The molecule has 11 heteroatoms. The highest BCUT2D eigenvalue weighted by Crippen LogP contribution is 2.35. The molecule has 0 unspecified atom stereocenters. The lowest BCUT2D eigenvalue weighted by Gasteiger charge is -2.39. The zero-order valence-corrected chi connectivity index (χ0v) is 15.4. The Balaban J connectivity index is 1.99. The molecule has 1 heterocycles. The number of carboxylic acids is 1. The van der Waals surface area contributed by atoms with E-state index in [-0.39, 0.29) is 22.4 Å². The molecule has 30 heavy (non-hydrogen) atoms. The molecule has 0 saturated carbocycles. The lowest BCUT2D eigenvalue weighted by Crippen LogP contribution is -2.60. The van der Waals surface area contributed by atoms with Crippen LogP contribution in [-0.2, 0) is 4.74 Å². The van der Waals surface area contributed by atoms with E-state index >= 15 is 0 Å². The molecule has 1 aliphatic heterocycles. The van der Waals surface area contributed by atoms with E-state index in [9.17, 15) is 40.4 Å². The van der Waals surface area contributed by atoms with Gasteiger partial charge in [0.1, 0.15) is 30.2 Å². The van der Waals surface area contributed by atoms with Crippen molar-refractivity contribution in [2.45, 2.75) is 30.7 Å². The number of rotatable bonds is 6. The second kappa shape index (κ2) is 8.73.